The van der Waals surface area contributed by atoms with Gasteiger partial charge in [0.05, 0.1) is 0 Å². The summed E-state index contributed by atoms with van der Waals surface area (Å²) in [6.45, 7) is 2.01. The van der Waals surface area contributed by atoms with Gasteiger partial charge in [-0.05, 0) is 0 Å². The number of hydrogen-bond donors (Lipinski definition) is 1. The van der Waals surface area contributed by atoms with Gasteiger partial charge >= 0.3 is 98.3 Å². The summed E-state index contributed by atoms with van der Waals surface area (Å²) in [5, 5.41) is 10.7. The molecule has 0 aliphatic heterocycles. The molecule has 0 unspecified atom stereocenters. The first kappa shape index (κ1) is 10.9. The van der Waals surface area contributed by atoms with Crippen LogP contribution in [0.2, 0.25) is 0 Å². The number of nitrogens with two attached hydrogens (primary N) is 1. The number of anilines is 1. The standard InChI is InChI=1S/C11H10N2O2Se/c1-7-2-4-8(5-3-7)10-6-9(12)11(16-10)13(14)15/h2-6H,12H2,1H3. The van der Waals surface area contributed by atoms with E-state index in [2.05, 4.69) is 0 Å². The van der Waals surface area contributed by atoms with Crippen LogP contribution in [0.4, 0.5) is 10.2 Å². The van der Waals surface area contributed by atoms with E-state index in [1.165, 1.54) is 5.56 Å². The second-order valence-corrected chi connectivity index (χ2v) is 5.66. The van der Waals surface area contributed by atoms with Crippen LogP contribution in [-0.2, 0) is 0 Å². The van der Waals surface area contributed by atoms with E-state index in [9.17, 15) is 10.1 Å². The molecule has 4 nitrogen and oxygen atoms in total. The van der Waals surface area contributed by atoms with Crippen molar-refractivity contribution < 1.29 is 4.92 Å². The molecule has 0 aliphatic carbocycles. The SMILES string of the molecule is Cc1ccc(-c2cc(N)c([N+](=O)[O-])[se]2)cc1. The Morgan fingerprint density at radius 2 is 1.94 bits per heavy atom. The molecule has 1 aromatic carbocycles. The maximum absolute atomic E-state index is 10.7. The van der Waals surface area contributed by atoms with Crippen LogP contribution in [0.3, 0.4) is 0 Å². The zero-order chi connectivity index (χ0) is 11.7. The van der Waals surface area contributed by atoms with Crippen LogP contribution < -0.4 is 5.73 Å². The second-order valence-electron chi connectivity index (χ2n) is 3.49. The fourth-order valence-corrected chi connectivity index (χ4v) is 3.29. The molecule has 0 amide bonds. The van der Waals surface area contributed by atoms with Crippen molar-refractivity contribution in [1.82, 2.24) is 0 Å². The average molecular weight is 281 g/mol. The molecule has 16 heavy (non-hydrogen) atoms. The molecule has 1 heterocycles. The third-order valence-corrected chi connectivity index (χ3v) is 4.66. The van der Waals surface area contributed by atoms with E-state index in [4.69, 9.17) is 5.73 Å². The van der Waals surface area contributed by atoms with Crippen LogP contribution in [-0.4, -0.2) is 19.4 Å². The van der Waals surface area contributed by atoms with Crippen LogP contribution in [0.15, 0.2) is 30.3 Å². The predicted molar refractivity (Wildman–Crippen MR) is 64.6 cm³/mol. The van der Waals surface area contributed by atoms with Crippen molar-refractivity contribution >= 4 is 24.8 Å². The van der Waals surface area contributed by atoms with Gasteiger partial charge in [-0.2, -0.15) is 0 Å². The van der Waals surface area contributed by atoms with Gasteiger partial charge in [0.1, 0.15) is 0 Å². The molecule has 0 atom stereocenters. The summed E-state index contributed by atoms with van der Waals surface area (Å²) < 4.78 is 1.12. The third kappa shape index (κ3) is 2.01. The molecular formula is C11H10N2O2Se. The first-order valence-electron chi connectivity index (χ1n) is 4.68. The zero-order valence-electron chi connectivity index (χ0n) is 8.64. The van der Waals surface area contributed by atoms with E-state index in [1.807, 2.05) is 31.2 Å². The Balaban J connectivity index is 2.45. The van der Waals surface area contributed by atoms with Gasteiger partial charge in [0.2, 0.25) is 0 Å². The summed E-state index contributed by atoms with van der Waals surface area (Å²) in [4.78, 5) is 10.3. The van der Waals surface area contributed by atoms with Crippen LogP contribution >= 0.6 is 0 Å². The van der Waals surface area contributed by atoms with Gasteiger partial charge in [0.25, 0.3) is 0 Å². The van der Waals surface area contributed by atoms with Crippen molar-refractivity contribution in [3.05, 3.63) is 46.0 Å². The third-order valence-electron chi connectivity index (χ3n) is 2.24. The molecule has 1 aromatic heterocycles. The summed E-state index contributed by atoms with van der Waals surface area (Å²) in [5.41, 5.74) is 8.10. The average Bonchev–Trinajstić information content (AvgIpc) is 2.61. The van der Waals surface area contributed by atoms with Crippen LogP contribution in [0.5, 0.6) is 0 Å². The summed E-state index contributed by atoms with van der Waals surface area (Å²) in [5.74, 6) is 0. The van der Waals surface area contributed by atoms with E-state index < -0.39 is 0 Å². The van der Waals surface area contributed by atoms with Crippen molar-refractivity contribution in [1.29, 1.82) is 0 Å². The number of hydrogen-bond acceptors (Lipinski definition) is 3. The van der Waals surface area contributed by atoms with Gasteiger partial charge in [-0.15, -0.1) is 0 Å². The topological polar surface area (TPSA) is 69.2 Å². The number of nitro groups is 1. The predicted octanol–water partition coefficient (Wildman–Crippen LogP) is 2.21. The molecule has 0 bridgehead atoms. The molecule has 0 saturated carbocycles. The fraction of sp³-hybridized carbons (Fsp3) is 0.0909. The number of benzene rings is 1. The number of rotatable bonds is 2. The van der Waals surface area contributed by atoms with Crippen LogP contribution in [0.25, 0.3) is 10.0 Å². The van der Waals surface area contributed by atoms with Crippen molar-refractivity contribution in [2.24, 2.45) is 0 Å². The number of nitrogen functional groups attached to an aromatic ring is 1. The zero-order valence-corrected chi connectivity index (χ0v) is 10.3. The van der Waals surface area contributed by atoms with E-state index in [0.29, 0.717) is 5.69 Å². The summed E-state index contributed by atoms with van der Waals surface area (Å²) in [6, 6.07) is 9.64. The number of nitrogens with zero attached hydrogens (tertiary/aromatic N) is 1. The Morgan fingerprint density at radius 3 is 2.44 bits per heavy atom. The molecule has 0 radical (unpaired) electrons. The summed E-state index contributed by atoms with van der Waals surface area (Å²) in [6.07, 6.45) is 0. The Labute approximate surface area is 98.6 Å². The Kier molecular flexibility index (Phi) is 2.81. The Hall–Kier alpha value is -1.58. The first-order chi connectivity index (χ1) is 7.58. The van der Waals surface area contributed by atoms with Gasteiger partial charge in [0.15, 0.2) is 0 Å². The first-order valence-corrected chi connectivity index (χ1v) is 6.40. The molecule has 2 rings (SSSR count). The van der Waals surface area contributed by atoms with Crippen molar-refractivity contribution in [3.63, 3.8) is 0 Å². The van der Waals surface area contributed by atoms with Crippen LogP contribution in [0.1, 0.15) is 5.56 Å². The molecule has 82 valence electrons. The van der Waals surface area contributed by atoms with E-state index in [0.717, 1.165) is 10.0 Å². The quantitative estimate of drug-likeness (QED) is 0.521. The molecule has 0 saturated heterocycles. The molecule has 2 N–H and O–H groups in total. The van der Waals surface area contributed by atoms with E-state index in [-0.39, 0.29) is 24.0 Å². The van der Waals surface area contributed by atoms with Gasteiger partial charge in [-0.3, -0.25) is 0 Å². The fourth-order valence-electron chi connectivity index (χ4n) is 1.40. The molecule has 0 spiro atoms. The minimum absolute atomic E-state index is 0.156. The van der Waals surface area contributed by atoms with Gasteiger partial charge in [0, 0.05) is 0 Å². The van der Waals surface area contributed by atoms with Crippen molar-refractivity contribution in [2.45, 2.75) is 6.92 Å². The Morgan fingerprint density at radius 1 is 1.31 bits per heavy atom. The Bertz CT molecular complexity index is 531. The molecule has 0 aliphatic rings. The van der Waals surface area contributed by atoms with Gasteiger partial charge < -0.3 is 0 Å². The maximum atomic E-state index is 10.7. The summed E-state index contributed by atoms with van der Waals surface area (Å²) >= 11 is -0.289. The van der Waals surface area contributed by atoms with Crippen molar-refractivity contribution in [2.75, 3.05) is 5.73 Å². The molecular weight excluding hydrogens is 271 g/mol. The normalized spacial score (nSPS) is 10.3. The van der Waals surface area contributed by atoms with E-state index >= 15 is 0 Å². The van der Waals surface area contributed by atoms with Crippen LogP contribution in [0, 0.1) is 17.0 Å². The molecule has 2 aromatic rings. The second kappa shape index (κ2) is 4.12. The molecule has 0 fully saturated rings. The molecule has 5 heteroatoms. The number of aryl methyl sites for hydroxylation is 1. The van der Waals surface area contributed by atoms with Gasteiger partial charge in [-0.1, -0.05) is 0 Å². The van der Waals surface area contributed by atoms with E-state index in [1.54, 1.807) is 6.07 Å². The van der Waals surface area contributed by atoms with Gasteiger partial charge in [-0.25, -0.2) is 0 Å². The summed E-state index contributed by atoms with van der Waals surface area (Å²) in [7, 11) is 0. The minimum atomic E-state index is -0.382. The monoisotopic (exact) mass is 282 g/mol. The van der Waals surface area contributed by atoms with Crippen molar-refractivity contribution in [3.8, 4) is 10.0 Å².